The normalized spacial score (nSPS) is 10.7. The summed E-state index contributed by atoms with van der Waals surface area (Å²) in [7, 11) is 0. The molecule has 0 bridgehead atoms. The number of aromatic nitrogens is 1. The van der Waals surface area contributed by atoms with Crippen LogP contribution in [-0.2, 0) is 6.54 Å². The average Bonchev–Trinajstić information content (AvgIpc) is 2.37. The van der Waals surface area contributed by atoms with E-state index in [2.05, 4.69) is 34.5 Å². The molecule has 0 unspecified atom stereocenters. The maximum Gasteiger partial charge on any atom is 0.191 e. The van der Waals surface area contributed by atoms with Crippen molar-refractivity contribution in [2.75, 3.05) is 13.1 Å². The van der Waals surface area contributed by atoms with Crippen LogP contribution in [-0.4, -0.2) is 24.0 Å². The third kappa shape index (κ3) is 7.47. The Hall–Kier alpha value is -0.850. The van der Waals surface area contributed by atoms with Gasteiger partial charge in [0.05, 0.1) is 12.2 Å². The van der Waals surface area contributed by atoms with E-state index >= 15 is 0 Å². The molecule has 1 aromatic rings. The number of rotatable bonds is 6. The number of guanidine groups is 1. The Morgan fingerprint density at radius 1 is 1.28 bits per heavy atom. The lowest BCUT2D eigenvalue weighted by molar-refractivity contribution is 0.729. The lowest BCUT2D eigenvalue weighted by Gasteiger charge is -2.10. The average molecular weight is 362 g/mol. The van der Waals surface area contributed by atoms with Gasteiger partial charge in [-0.2, -0.15) is 0 Å². The van der Waals surface area contributed by atoms with Crippen LogP contribution in [0.2, 0.25) is 0 Å². The number of hydrogen-bond donors (Lipinski definition) is 2. The molecule has 0 aliphatic rings. The second-order valence-corrected chi connectivity index (χ2v) is 3.80. The highest BCUT2D eigenvalue weighted by Gasteiger charge is 1.96. The summed E-state index contributed by atoms with van der Waals surface area (Å²) >= 11 is 0. The molecule has 0 saturated heterocycles. The molecular formula is C13H23IN4. The molecule has 0 amide bonds. The molecule has 2 N–H and O–H groups in total. The van der Waals surface area contributed by atoms with E-state index in [1.54, 1.807) is 6.20 Å². The number of pyridine rings is 1. The molecule has 0 saturated carbocycles. The summed E-state index contributed by atoms with van der Waals surface area (Å²) in [5, 5.41) is 6.53. The van der Waals surface area contributed by atoms with Gasteiger partial charge < -0.3 is 10.6 Å². The maximum absolute atomic E-state index is 4.49. The van der Waals surface area contributed by atoms with Gasteiger partial charge in [0.2, 0.25) is 0 Å². The number of halogens is 1. The van der Waals surface area contributed by atoms with Crippen molar-refractivity contribution < 1.29 is 0 Å². The van der Waals surface area contributed by atoms with Crippen LogP contribution in [0.15, 0.2) is 29.4 Å². The molecule has 102 valence electrons. The van der Waals surface area contributed by atoms with Crippen molar-refractivity contribution in [3.8, 4) is 0 Å². The van der Waals surface area contributed by atoms with Gasteiger partial charge in [0.15, 0.2) is 5.96 Å². The summed E-state index contributed by atoms with van der Waals surface area (Å²) in [5.41, 5.74) is 0.986. The van der Waals surface area contributed by atoms with Crippen LogP contribution < -0.4 is 10.6 Å². The zero-order valence-corrected chi connectivity index (χ0v) is 13.5. The number of nitrogens with zero attached hydrogens (tertiary/aromatic N) is 2. The van der Waals surface area contributed by atoms with Gasteiger partial charge in [-0.3, -0.25) is 4.98 Å². The first-order valence-corrected chi connectivity index (χ1v) is 6.29. The zero-order chi connectivity index (χ0) is 12.3. The van der Waals surface area contributed by atoms with E-state index in [1.807, 2.05) is 18.2 Å². The highest BCUT2D eigenvalue weighted by Crippen LogP contribution is 1.95. The van der Waals surface area contributed by atoms with E-state index < -0.39 is 0 Å². The van der Waals surface area contributed by atoms with Crippen LogP contribution in [0.3, 0.4) is 0 Å². The first kappa shape index (κ1) is 17.2. The van der Waals surface area contributed by atoms with Crippen molar-refractivity contribution in [3.63, 3.8) is 0 Å². The van der Waals surface area contributed by atoms with E-state index in [-0.39, 0.29) is 24.0 Å². The van der Waals surface area contributed by atoms with Gasteiger partial charge in [0.25, 0.3) is 0 Å². The highest BCUT2D eigenvalue weighted by molar-refractivity contribution is 14.0. The minimum atomic E-state index is 0. The monoisotopic (exact) mass is 362 g/mol. The predicted molar refractivity (Wildman–Crippen MR) is 87.4 cm³/mol. The molecule has 1 heterocycles. The molecule has 1 aromatic heterocycles. The van der Waals surface area contributed by atoms with Gasteiger partial charge in [0, 0.05) is 19.3 Å². The fraction of sp³-hybridized carbons (Fsp3) is 0.538. The fourth-order valence-corrected chi connectivity index (χ4v) is 1.38. The molecule has 0 aliphatic heterocycles. The lowest BCUT2D eigenvalue weighted by Crippen LogP contribution is -2.37. The van der Waals surface area contributed by atoms with Gasteiger partial charge in [-0.05, 0) is 25.5 Å². The number of unbranched alkanes of at least 4 members (excludes halogenated alkanes) is 1. The van der Waals surface area contributed by atoms with Gasteiger partial charge in [-0.15, -0.1) is 24.0 Å². The Balaban J connectivity index is 0.00000289. The second kappa shape index (κ2) is 11.3. The molecule has 0 radical (unpaired) electrons. The van der Waals surface area contributed by atoms with Crippen molar-refractivity contribution in [2.24, 2.45) is 4.99 Å². The fourth-order valence-electron chi connectivity index (χ4n) is 1.38. The number of hydrogen-bond acceptors (Lipinski definition) is 2. The van der Waals surface area contributed by atoms with Gasteiger partial charge in [-0.25, -0.2) is 4.99 Å². The Kier molecular flexibility index (Phi) is 10.7. The van der Waals surface area contributed by atoms with E-state index in [4.69, 9.17) is 0 Å². The Bertz CT molecular complexity index is 327. The van der Waals surface area contributed by atoms with Crippen molar-refractivity contribution in [3.05, 3.63) is 30.1 Å². The summed E-state index contributed by atoms with van der Waals surface area (Å²) in [5.74, 6) is 0.867. The van der Waals surface area contributed by atoms with E-state index in [0.717, 1.165) is 31.2 Å². The minimum Gasteiger partial charge on any atom is -0.357 e. The van der Waals surface area contributed by atoms with Crippen molar-refractivity contribution in [1.82, 2.24) is 15.6 Å². The van der Waals surface area contributed by atoms with Crippen LogP contribution in [0.5, 0.6) is 0 Å². The molecule has 5 heteroatoms. The molecule has 0 fully saturated rings. The zero-order valence-electron chi connectivity index (χ0n) is 11.1. The van der Waals surface area contributed by atoms with Crippen molar-refractivity contribution in [1.29, 1.82) is 0 Å². The number of aliphatic imine (C=N–C) groups is 1. The molecule has 1 rings (SSSR count). The molecule has 0 spiro atoms. The van der Waals surface area contributed by atoms with Gasteiger partial charge in [0.1, 0.15) is 0 Å². The van der Waals surface area contributed by atoms with Crippen LogP contribution in [0.25, 0.3) is 0 Å². The Morgan fingerprint density at radius 3 is 2.72 bits per heavy atom. The summed E-state index contributed by atoms with van der Waals surface area (Å²) in [6, 6.07) is 5.88. The summed E-state index contributed by atoms with van der Waals surface area (Å²) in [4.78, 5) is 8.73. The molecule has 0 aliphatic carbocycles. The molecular weight excluding hydrogens is 339 g/mol. The van der Waals surface area contributed by atoms with E-state index in [0.29, 0.717) is 6.54 Å². The summed E-state index contributed by atoms with van der Waals surface area (Å²) in [6.45, 7) is 6.70. The van der Waals surface area contributed by atoms with Gasteiger partial charge >= 0.3 is 0 Å². The van der Waals surface area contributed by atoms with Gasteiger partial charge in [-0.1, -0.05) is 19.4 Å². The van der Waals surface area contributed by atoms with E-state index in [9.17, 15) is 0 Å². The maximum atomic E-state index is 4.49. The third-order valence-electron chi connectivity index (χ3n) is 2.29. The van der Waals surface area contributed by atoms with Crippen molar-refractivity contribution in [2.45, 2.75) is 33.2 Å². The molecule has 18 heavy (non-hydrogen) atoms. The molecule has 0 aromatic carbocycles. The van der Waals surface area contributed by atoms with Crippen LogP contribution in [0.1, 0.15) is 32.4 Å². The third-order valence-corrected chi connectivity index (χ3v) is 2.29. The quantitative estimate of drug-likeness (QED) is 0.354. The van der Waals surface area contributed by atoms with Crippen molar-refractivity contribution >= 4 is 29.9 Å². The summed E-state index contributed by atoms with van der Waals surface area (Å²) < 4.78 is 0. The smallest absolute Gasteiger partial charge is 0.191 e. The topological polar surface area (TPSA) is 49.3 Å². The van der Waals surface area contributed by atoms with Crippen LogP contribution in [0, 0.1) is 0 Å². The van der Waals surface area contributed by atoms with E-state index in [1.165, 1.54) is 6.42 Å². The second-order valence-electron chi connectivity index (χ2n) is 3.80. The van der Waals surface area contributed by atoms with Crippen LogP contribution in [0.4, 0.5) is 0 Å². The minimum absolute atomic E-state index is 0. The first-order valence-electron chi connectivity index (χ1n) is 6.29. The SMILES string of the molecule is CCCCNC(=NCc1ccccn1)NCC.I. The molecule has 0 atom stereocenters. The summed E-state index contributed by atoms with van der Waals surface area (Å²) in [6.07, 6.45) is 4.14. The first-order chi connectivity index (χ1) is 8.36. The largest absolute Gasteiger partial charge is 0.357 e. The predicted octanol–water partition coefficient (Wildman–Crippen LogP) is 2.55. The number of nitrogens with one attached hydrogen (secondary N) is 2. The van der Waals surface area contributed by atoms with Crippen LogP contribution >= 0.6 is 24.0 Å². The lowest BCUT2D eigenvalue weighted by atomic mass is 10.3. The highest BCUT2D eigenvalue weighted by atomic mass is 127. The Labute approximate surface area is 127 Å². The standard InChI is InChI=1S/C13H22N4.HI/c1-3-5-9-16-13(14-4-2)17-11-12-8-6-7-10-15-12;/h6-8,10H,3-5,9,11H2,1-2H3,(H2,14,16,17);1H. The Morgan fingerprint density at radius 2 is 2.11 bits per heavy atom. The molecule has 4 nitrogen and oxygen atoms in total.